The van der Waals surface area contributed by atoms with E-state index in [0.717, 1.165) is 15.7 Å². The van der Waals surface area contributed by atoms with Crippen LogP contribution in [0.4, 0.5) is 18.9 Å². The number of benzene rings is 2. The van der Waals surface area contributed by atoms with Crippen molar-refractivity contribution in [1.82, 2.24) is 9.55 Å². The van der Waals surface area contributed by atoms with Gasteiger partial charge in [-0.1, -0.05) is 58.0 Å². The zero-order valence-corrected chi connectivity index (χ0v) is 16.8. The molecule has 154 valence electrons. The van der Waals surface area contributed by atoms with Crippen LogP contribution < -0.4 is 5.32 Å². The number of rotatable bonds is 5. The molecule has 0 spiro atoms. The number of halogens is 3. The summed E-state index contributed by atoms with van der Waals surface area (Å²) in [5, 5.41) is 2.87. The van der Waals surface area contributed by atoms with E-state index in [1.807, 2.05) is 45.9 Å². The molecule has 0 radical (unpaired) electrons. The number of hydrogen-bond donors (Lipinski definition) is 1. The molecule has 1 aromatic heterocycles. The van der Waals surface area contributed by atoms with Gasteiger partial charge in [0.05, 0.1) is 11.0 Å². The maximum atomic E-state index is 13.5. The van der Waals surface area contributed by atoms with E-state index >= 15 is 0 Å². The quantitative estimate of drug-likeness (QED) is 0.573. The van der Waals surface area contributed by atoms with Crippen LogP contribution in [0.15, 0.2) is 42.5 Å². The summed E-state index contributed by atoms with van der Waals surface area (Å²) in [5.41, 5.74) is 3.07. The van der Waals surface area contributed by atoms with Gasteiger partial charge >= 0.3 is 6.18 Å². The Morgan fingerprint density at radius 1 is 1.00 bits per heavy atom. The van der Waals surface area contributed by atoms with E-state index in [1.165, 1.54) is 12.1 Å². The van der Waals surface area contributed by atoms with E-state index < -0.39 is 24.5 Å². The molecule has 0 bridgehead atoms. The Bertz CT molecular complexity index is 1010. The standard InChI is InChI=1S/C22H24F3N3O/c1-13(2)15-8-7-9-16(14(3)4)20(15)27-19(29)12-28-18-11-6-5-10-17(18)26-21(28)22(23,24)25/h5-11,13-14H,12H2,1-4H3,(H,27,29). The third-order valence-corrected chi connectivity index (χ3v) is 4.85. The summed E-state index contributed by atoms with van der Waals surface area (Å²) >= 11 is 0. The fraction of sp³-hybridized carbons (Fsp3) is 0.364. The lowest BCUT2D eigenvalue weighted by molar-refractivity contribution is -0.147. The minimum atomic E-state index is -4.65. The molecule has 29 heavy (non-hydrogen) atoms. The number of amides is 1. The Labute approximate surface area is 167 Å². The van der Waals surface area contributed by atoms with Gasteiger partial charge in [0.2, 0.25) is 11.7 Å². The summed E-state index contributed by atoms with van der Waals surface area (Å²) in [6.45, 7) is 7.58. The number of anilines is 1. The van der Waals surface area contributed by atoms with Gasteiger partial charge in [-0.15, -0.1) is 0 Å². The lowest BCUT2D eigenvalue weighted by Crippen LogP contribution is -2.24. The van der Waals surface area contributed by atoms with Gasteiger partial charge in [0.15, 0.2) is 0 Å². The van der Waals surface area contributed by atoms with E-state index in [2.05, 4.69) is 10.3 Å². The number of imidazole rings is 1. The van der Waals surface area contributed by atoms with Crippen molar-refractivity contribution in [2.24, 2.45) is 0 Å². The molecule has 3 rings (SSSR count). The number of fused-ring (bicyclic) bond motifs is 1. The monoisotopic (exact) mass is 403 g/mol. The van der Waals surface area contributed by atoms with Crippen LogP contribution in [0.3, 0.4) is 0 Å². The summed E-state index contributed by atoms with van der Waals surface area (Å²) in [5.74, 6) is -1.28. The molecular formula is C22H24F3N3O. The summed E-state index contributed by atoms with van der Waals surface area (Å²) in [6, 6.07) is 12.1. The van der Waals surface area contributed by atoms with Gasteiger partial charge in [-0.2, -0.15) is 13.2 Å². The topological polar surface area (TPSA) is 46.9 Å². The second kappa shape index (κ2) is 7.89. The van der Waals surface area contributed by atoms with Gasteiger partial charge in [-0.25, -0.2) is 4.98 Å². The van der Waals surface area contributed by atoms with Crippen LogP contribution in [-0.2, 0) is 17.5 Å². The summed E-state index contributed by atoms with van der Waals surface area (Å²) in [7, 11) is 0. The number of alkyl halides is 3. The molecule has 4 nitrogen and oxygen atoms in total. The van der Waals surface area contributed by atoms with Crippen molar-refractivity contribution >= 4 is 22.6 Å². The fourth-order valence-corrected chi connectivity index (χ4v) is 3.47. The number of carbonyl (C=O) groups excluding carboxylic acids is 1. The maximum Gasteiger partial charge on any atom is 0.449 e. The first-order chi connectivity index (χ1) is 13.6. The Balaban J connectivity index is 1.99. The van der Waals surface area contributed by atoms with Crippen LogP contribution in [0.1, 0.15) is 56.5 Å². The second-order valence-electron chi connectivity index (χ2n) is 7.68. The average molecular weight is 403 g/mol. The highest BCUT2D eigenvalue weighted by molar-refractivity contribution is 5.93. The Morgan fingerprint density at radius 3 is 2.14 bits per heavy atom. The zero-order valence-electron chi connectivity index (χ0n) is 16.8. The molecule has 3 aromatic rings. The van der Waals surface area contributed by atoms with Crippen molar-refractivity contribution in [3.63, 3.8) is 0 Å². The van der Waals surface area contributed by atoms with Crippen molar-refractivity contribution in [2.75, 3.05) is 5.32 Å². The molecule has 0 atom stereocenters. The summed E-state index contributed by atoms with van der Waals surface area (Å²) in [4.78, 5) is 16.5. The average Bonchev–Trinajstić information content (AvgIpc) is 3.00. The Hall–Kier alpha value is -2.83. The highest BCUT2D eigenvalue weighted by Gasteiger charge is 2.38. The highest BCUT2D eigenvalue weighted by atomic mass is 19.4. The molecule has 0 aliphatic rings. The Morgan fingerprint density at radius 2 is 1.59 bits per heavy atom. The van der Waals surface area contributed by atoms with Crippen molar-refractivity contribution < 1.29 is 18.0 Å². The van der Waals surface area contributed by atoms with Crippen molar-refractivity contribution in [2.45, 2.75) is 52.3 Å². The van der Waals surface area contributed by atoms with Gasteiger partial charge in [-0.3, -0.25) is 4.79 Å². The van der Waals surface area contributed by atoms with E-state index in [0.29, 0.717) is 5.69 Å². The molecule has 0 aliphatic carbocycles. The molecule has 7 heteroatoms. The molecule has 0 saturated carbocycles. The molecule has 1 amide bonds. The van der Waals surface area contributed by atoms with Crippen LogP contribution in [-0.4, -0.2) is 15.5 Å². The molecule has 0 aliphatic heterocycles. The van der Waals surface area contributed by atoms with Gasteiger partial charge in [0.25, 0.3) is 0 Å². The molecule has 1 N–H and O–H groups in total. The SMILES string of the molecule is CC(C)c1cccc(C(C)C)c1NC(=O)Cn1c(C(F)(F)F)nc2ccccc21. The normalized spacial score (nSPS) is 12.2. The van der Waals surface area contributed by atoms with Gasteiger partial charge in [-0.05, 0) is 35.1 Å². The number of nitrogens with zero attached hydrogens (tertiary/aromatic N) is 2. The zero-order chi connectivity index (χ0) is 21.3. The maximum absolute atomic E-state index is 13.5. The minimum Gasteiger partial charge on any atom is -0.324 e. The van der Waals surface area contributed by atoms with Crippen LogP contribution in [0.25, 0.3) is 11.0 Å². The second-order valence-corrected chi connectivity index (χ2v) is 7.68. The minimum absolute atomic E-state index is 0.156. The molecule has 0 fully saturated rings. The van der Waals surface area contributed by atoms with Crippen LogP contribution >= 0.6 is 0 Å². The van der Waals surface area contributed by atoms with Gasteiger partial charge in [0, 0.05) is 5.69 Å². The van der Waals surface area contributed by atoms with Crippen molar-refractivity contribution in [1.29, 1.82) is 0 Å². The highest BCUT2D eigenvalue weighted by Crippen LogP contribution is 2.34. The van der Waals surface area contributed by atoms with Crippen LogP contribution in [0, 0.1) is 0 Å². The van der Waals surface area contributed by atoms with Gasteiger partial charge < -0.3 is 9.88 Å². The lowest BCUT2D eigenvalue weighted by Gasteiger charge is -2.20. The molecule has 2 aromatic carbocycles. The number of para-hydroxylation sites is 3. The van der Waals surface area contributed by atoms with E-state index in [9.17, 15) is 18.0 Å². The van der Waals surface area contributed by atoms with E-state index in [4.69, 9.17) is 0 Å². The Kier molecular flexibility index (Phi) is 5.68. The smallest absolute Gasteiger partial charge is 0.324 e. The third-order valence-electron chi connectivity index (χ3n) is 4.85. The molecular weight excluding hydrogens is 379 g/mol. The first-order valence-corrected chi connectivity index (χ1v) is 9.54. The largest absolute Gasteiger partial charge is 0.449 e. The molecule has 0 unspecified atom stereocenters. The number of hydrogen-bond acceptors (Lipinski definition) is 2. The van der Waals surface area contributed by atoms with E-state index in [1.54, 1.807) is 12.1 Å². The first kappa shape index (κ1) is 20.9. The third kappa shape index (κ3) is 4.28. The first-order valence-electron chi connectivity index (χ1n) is 9.54. The van der Waals surface area contributed by atoms with Crippen LogP contribution in [0.2, 0.25) is 0 Å². The van der Waals surface area contributed by atoms with E-state index in [-0.39, 0.29) is 22.9 Å². The fourth-order valence-electron chi connectivity index (χ4n) is 3.47. The van der Waals surface area contributed by atoms with Crippen molar-refractivity contribution in [3.05, 3.63) is 59.4 Å². The number of nitrogens with one attached hydrogen (secondary N) is 1. The lowest BCUT2D eigenvalue weighted by atomic mass is 9.92. The molecule has 1 heterocycles. The summed E-state index contributed by atoms with van der Waals surface area (Å²) in [6.07, 6.45) is -4.65. The van der Waals surface area contributed by atoms with Crippen molar-refractivity contribution in [3.8, 4) is 0 Å². The summed E-state index contributed by atoms with van der Waals surface area (Å²) < 4.78 is 41.4. The van der Waals surface area contributed by atoms with Crippen LogP contribution in [0.5, 0.6) is 0 Å². The predicted molar refractivity (Wildman–Crippen MR) is 108 cm³/mol. The molecule has 0 saturated heterocycles. The number of aromatic nitrogens is 2. The van der Waals surface area contributed by atoms with Gasteiger partial charge in [0.1, 0.15) is 6.54 Å². The number of carbonyl (C=O) groups is 1. The predicted octanol–water partition coefficient (Wildman–Crippen LogP) is 5.94.